The molecule has 0 unspecified atom stereocenters. The molecule has 1 N–H and O–H groups in total. The van der Waals surface area contributed by atoms with E-state index < -0.39 is 5.97 Å². The topological polar surface area (TPSA) is 63.3 Å². The number of para-hydroxylation sites is 1. The Morgan fingerprint density at radius 1 is 1.30 bits per heavy atom. The van der Waals surface area contributed by atoms with Gasteiger partial charge in [-0.3, -0.25) is 0 Å². The third-order valence-electron chi connectivity index (χ3n) is 3.31. The lowest BCUT2D eigenvalue weighted by molar-refractivity contribution is 0.0699. The van der Waals surface area contributed by atoms with E-state index in [1.165, 1.54) is 0 Å². The summed E-state index contributed by atoms with van der Waals surface area (Å²) in [6, 6.07) is 10.7. The SMILES string of the molecule is CCc1cccc2c(C(=O)O)cc(-c3ccco3)nc12. The van der Waals surface area contributed by atoms with Gasteiger partial charge in [0.25, 0.3) is 0 Å². The lowest BCUT2D eigenvalue weighted by atomic mass is 10.0. The van der Waals surface area contributed by atoms with E-state index in [-0.39, 0.29) is 5.56 Å². The summed E-state index contributed by atoms with van der Waals surface area (Å²) < 4.78 is 5.32. The Bertz CT molecular complexity index is 776. The molecule has 4 heteroatoms. The first-order valence-electron chi connectivity index (χ1n) is 6.40. The van der Waals surface area contributed by atoms with E-state index in [0.717, 1.165) is 17.5 Å². The number of benzene rings is 1. The number of fused-ring (bicyclic) bond motifs is 1. The monoisotopic (exact) mass is 267 g/mol. The number of aryl methyl sites for hydroxylation is 1. The van der Waals surface area contributed by atoms with Gasteiger partial charge in [-0.2, -0.15) is 0 Å². The maximum atomic E-state index is 11.5. The van der Waals surface area contributed by atoms with E-state index in [0.29, 0.717) is 16.8 Å². The number of carboxylic acid groups (broad SMARTS) is 1. The summed E-state index contributed by atoms with van der Waals surface area (Å²) in [5.41, 5.74) is 2.54. The average Bonchev–Trinajstić information content (AvgIpc) is 2.99. The van der Waals surface area contributed by atoms with Crippen LogP contribution in [-0.2, 0) is 6.42 Å². The number of furan rings is 1. The van der Waals surface area contributed by atoms with Gasteiger partial charge in [0.2, 0.25) is 0 Å². The minimum absolute atomic E-state index is 0.247. The molecule has 3 aromatic rings. The average molecular weight is 267 g/mol. The van der Waals surface area contributed by atoms with Crippen LogP contribution in [0.3, 0.4) is 0 Å². The molecular formula is C16H13NO3. The Hall–Kier alpha value is -2.62. The second-order valence-electron chi connectivity index (χ2n) is 4.50. The molecule has 0 saturated heterocycles. The van der Waals surface area contributed by atoms with Crippen molar-refractivity contribution < 1.29 is 14.3 Å². The number of hydrogen-bond donors (Lipinski definition) is 1. The van der Waals surface area contributed by atoms with Gasteiger partial charge in [-0.1, -0.05) is 25.1 Å². The van der Waals surface area contributed by atoms with Crippen LogP contribution in [0.5, 0.6) is 0 Å². The van der Waals surface area contributed by atoms with Crippen molar-refractivity contribution in [3.8, 4) is 11.5 Å². The van der Waals surface area contributed by atoms with Crippen LogP contribution >= 0.6 is 0 Å². The predicted molar refractivity (Wildman–Crippen MR) is 75.8 cm³/mol. The van der Waals surface area contributed by atoms with Gasteiger partial charge in [-0.25, -0.2) is 9.78 Å². The third kappa shape index (κ3) is 1.95. The lowest BCUT2D eigenvalue weighted by Gasteiger charge is -2.08. The van der Waals surface area contributed by atoms with Crippen molar-refractivity contribution in [3.63, 3.8) is 0 Å². The Morgan fingerprint density at radius 2 is 2.15 bits per heavy atom. The number of aromatic carboxylic acids is 1. The number of nitrogens with zero attached hydrogens (tertiary/aromatic N) is 1. The van der Waals surface area contributed by atoms with Crippen molar-refractivity contribution in [2.24, 2.45) is 0 Å². The van der Waals surface area contributed by atoms with Crippen molar-refractivity contribution >= 4 is 16.9 Å². The second kappa shape index (κ2) is 4.81. The molecular weight excluding hydrogens is 254 g/mol. The molecule has 2 heterocycles. The molecule has 3 rings (SSSR count). The molecule has 0 aliphatic carbocycles. The molecule has 100 valence electrons. The van der Waals surface area contributed by atoms with Gasteiger partial charge in [0, 0.05) is 5.39 Å². The van der Waals surface area contributed by atoms with Gasteiger partial charge >= 0.3 is 5.97 Å². The van der Waals surface area contributed by atoms with Crippen molar-refractivity contribution in [1.29, 1.82) is 0 Å². The summed E-state index contributed by atoms with van der Waals surface area (Å²) in [5.74, 6) is -0.390. The quantitative estimate of drug-likeness (QED) is 0.784. The number of aromatic nitrogens is 1. The van der Waals surface area contributed by atoms with Gasteiger partial charge in [0.05, 0.1) is 17.3 Å². The highest BCUT2D eigenvalue weighted by molar-refractivity contribution is 6.04. The second-order valence-corrected chi connectivity index (χ2v) is 4.50. The van der Waals surface area contributed by atoms with E-state index in [1.54, 1.807) is 30.5 Å². The molecule has 0 saturated carbocycles. The highest BCUT2D eigenvalue weighted by Crippen LogP contribution is 2.27. The van der Waals surface area contributed by atoms with Crippen LogP contribution < -0.4 is 0 Å². The summed E-state index contributed by atoms with van der Waals surface area (Å²) in [6.07, 6.45) is 2.35. The molecule has 0 bridgehead atoms. The molecule has 2 aromatic heterocycles. The van der Waals surface area contributed by atoms with E-state index >= 15 is 0 Å². The Kier molecular flexibility index (Phi) is 2.99. The zero-order valence-corrected chi connectivity index (χ0v) is 11.0. The Morgan fingerprint density at radius 3 is 2.80 bits per heavy atom. The number of hydrogen-bond acceptors (Lipinski definition) is 3. The van der Waals surface area contributed by atoms with Gasteiger partial charge in [0.15, 0.2) is 5.76 Å². The van der Waals surface area contributed by atoms with Crippen molar-refractivity contribution in [2.45, 2.75) is 13.3 Å². The van der Waals surface area contributed by atoms with Crippen molar-refractivity contribution in [2.75, 3.05) is 0 Å². The van der Waals surface area contributed by atoms with Crippen LogP contribution in [0.2, 0.25) is 0 Å². The summed E-state index contributed by atoms with van der Waals surface area (Å²) >= 11 is 0. The van der Waals surface area contributed by atoms with Crippen LogP contribution in [0.4, 0.5) is 0 Å². The highest BCUT2D eigenvalue weighted by Gasteiger charge is 2.15. The molecule has 0 spiro atoms. The number of pyridine rings is 1. The van der Waals surface area contributed by atoms with Crippen LogP contribution in [0.25, 0.3) is 22.4 Å². The summed E-state index contributed by atoms with van der Waals surface area (Å²) in [4.78, 5) is 16.1. The zero-order valence-electron chi connectivity index (χ0n) is 11.0. The van der Waals surface area contributed by atoms with E-state index in [4.69, 9.17) is 4.42 Å². The number of carboxylic acids is 1. The van der Waals surface area contributed by atoms with E-state index in [2.05, 4.69) is 4.98 Å². The maximum absolute atomic E-state index is 11.5. The third-order valence-corrected chi connectivity index (χ3v) is 3.31. The normalized spacial score (nSPS) is 10.8. The first-order chi connectivity index (χ1) is 9.70. The Balaban J connectivity index is 2.37. The molecule has 0 atom stereocenters. The molecule has 1 aromatic carbocycles. The van der Waals surface area contributed by atoms with Crippen LogP contribution in [0.1, 0.15) is 22.8 Å². The molecule has 0 aliphatic heterocycles. The van der Waals surface area contributed by atoms with Gasteiger partial charge < -0.3 is 9.52 Å². The molecule has 0 amide bonds. The Labute approximate surface area is 115 Å². The summed E-state index contributed by atoms with van der Waals surface area (Å²) in [6.45, 7) is 2.02. The number of rotatable bonds is 3. The zero-order chi connectivity index (χ0) is 14.1. The standard InChI is InChI=1S/C16H13NO3/c1-2-10-5-3-6-11-12(16(18)19)9-13(17-15(10)11)14-7-4-8-20-14/h3-9H,2H2,1H3,(H,18,19). The fraction of sp³-hybridized carbons (Fsp3) is 0.125. The van der Waals surface area contributed by atoms with Gasteiger partial charge in [0.1, 0.15) is 5.69 Å². The molecule has 20 heavy (non-hydrogen) atoms. The minimum Gasteiger partial charge on any atom is -0.478 e. The highest BCUT2D eigenvalue weighted by atomic mass is 16.4. The summed E-state index contributed by atoms with van der Waals surface area (Å²) in [7, 11) is 0. The largest absolute Gasteiger partial charge is 0.478 e. The van der Waals surface area contributed by atoms with Crippen LogP contribution in [0.15, 0.2) is 47.1 Å². The van der Waals surface area contributed by atoms with Crippen molar-refractivity contribution in [1.82, 2.24) is 4.98 Å². The minimum atomic E-state index is -0.960. The smallest absolute Gasteiger partial charge is 0.336 e. The molecule has 0 aliphatic rings. The van der Waals surface area contributed by atoms with E-state index in [1.807, 2.05) is 19.1 Å². The first-order valence-corrected chi connectivity index (χ1v) is 6.40. The van der Waals surface area contributed by atoms with Crippen LogP contribution in [0, 0.1) is 0 Å². The predicted octanol–water partition coefficient (Wildman–Crippen LogP) is 3.76. The van der Waals surface area contributed by atoms with Gasteiger partial charge in [-0.05, 0) is 30.2 Å². The van der Waals surface area contributed by atoms with Crippen LogP contribution in [-0.4, -0.2) is 16.1 Å². The lowest BCUT2D eigenvalue weighted by Crippen LogP contribution is -2.01. The fourth-order valence-corrected chi connectivity index (χ4v) is 2.32. The van der Waals surface area contributed by atoms with Crippen molar-refractivity contribution in [3.05, 3.63) is 53.8 Å². The molecule has 0 radical (unpaired) electrons. The van der Waals surface area contributed by atoms with Gasteiger partial charge in [-0.15, -0.1) is 0 Å². The summed E-state index contributed by atoms with van der Waals surface area (Å²) in [5, 5.41) is 10.1. The molecule has 4 nitrogen and oxygen atoms in total. The number of carbonyl (C=O) groups is 1. The maximum Gasteiger partial charge on any atom is 0.336 e. The van der Waals surface area contributed by atoms with E-state index in [9.17, 15) is 9.90 Å². The first kappa shape index (κ1) is 12.4. The molecule has 0 fully saturated rings. The fourth-order valence-electron chi connectivity index (χ4n) is 2.32.